The van der Waals surface area contributed by atoms with Crippen LogP contribution in [0.1, 0.15) is 36.8 Å². The summed E-state index contributed by atoms with van der Waals surface area (Å²) < 4.78 is 0. The van der Waals surface area contributed by atoms with Crippen molar-refractivity contribution in [1.82, 2.24) is 5.32 Å². The molecule has 1 aromatic carbocycles. The molecule has 16 heavy (non-hydrogen) atoms. The Balaban J connectivity index is 1.85. The standard InChI is InChI=1S/C14H21NO/c1-11-5-2-3-6-12(11)10-15-13-7-4-8-14(16)9-13/h2-3,5-6,13-16H,4,7-10H2,1H3. The van der Waals surface area contributed by atoms with Crippen LogP contribution in [0.2, 0.25) is 0 Å². The zero-order valence-electron chi connectivity index (χ0n) is 9.95. The number of aliphatic hydroxyl groups is 1. The van der Waals surface area contributed by atoms with Gasteiger partial charge in [-0.2, -0.15) is 0 Å². The average Bonchev–Trinajstić information content (AvgIpc) is 2.28. The van der Waals surface area contributed by atoms with Crippen LogP contribution >= 0.6 is 0 Å². The lowest BCUT2D eigenvalue weighted by Gasteiger charge is -2.27. The predicted molar refractivity (Wildman–Crippen MR) is 66.3 cm³/mol. The maximum Gasteiger partial charge on any atom is 0.0555 e. The molecule has 0 amide bonds. The molecule has 2 heteroatoms. The number of aryl methyl sites for hydroxylation is 1. The third-order valence-electron chi connectivity index (χ3n) is 3.49. The molecule has 2 unspecified atom stereocenters. The lowest BCUT2D eigenvalue weighted by molar-refractivity contribution is 0.111. The van der Waals surface area contributed by atoms with Gasteiger partial charge in [0, 0.05) is 12.6 Å². The van der Waals surface area contributed by atoms with Crippen molar-refractivity contribution in [3.8, 4) is 0 Å². The van der Waals surface area contributed by atoms with Crippen LogP contribution in [0.15, 0.2) is 24.3 Å². The highest BCUT2D eigenvalue weighted by Gasteiger charge is 2.19. The number of hydrogen-bond acceptors (Lipinski definition) is 2. The fourth-order valence-corrected chi connectivity index (χ4v) is 2.41. The zero-order chi connectivity index (χ0) is 11.4. The van der Waals surface area contributed by atoms with Gasteiger partial charge in [0.25, 0.3) is 0 Å². The summed E-state index contributed by atoms with van der Waals surface area (Å²) in [5.74, 6) is 0. The van der Waals surface area contributed by atoms with Gasteiger partial charge in [-0.15, -0.1) is 0 Å². The van der Waals surface area contributed by atoms with E-state index in [9.17, 15) is 5.11 Å². The van der Waals surface area contributed by atoms with Crippen molar-refractivity contribution in [2.45, 2.75) is 51.3 Å². The van der Waals surface area contributed by atoms with Gasteiger partial charge in [0.05, 0.1) is 6.10 Å². The van der Waals surface area contributed by atoms with Gasteiger partial charge < -0.3 is 10.4 Å². The lowest BCUT2D eigenvalue weighted by Crippen LogP contribution is -2.35. The van der Waals surface area contributed by atoms with Crippen LogP contribution in [0.25, 0.3) is 0 Å². The van der Waals surface area contributed by atoms with Crippen molar-refractivity contribution in [3.63, 3.8) is 0 Å². The van der Waals surface area contributed by atoms with Gasteiger partial charge in [0.1, 0.15) is 0 Å². The summed E-state index contributed by atoms with van der Waals surface area (Å²) in [6.45, 7) is 3.07. The van der Waals surface area contributed by atoms with Crippen LogP contribution < -0.4 is 5.32 Å². The van der Waals surface area contributed by atoms with Gasteiger partial charge in [-0.1, -0.05) is 24.3 Å². The highest BCUT2D eigenvalue weighted by Crippen LogP contribution is 2.19. The Hall–Kier alpha value is -0.860. The van der Waals surface area contributed by atoms with Crippen LogP contribution in [0.3, 0.4) is 0 Å². The Morgan fingerprint density at radius 1 is 1.31 bits per heavy atom. The highest BCUT2D eigenvalue weighted by molar-refractivity contribution is 5.25. The number of hydrogen-bond donors (Lipinski definition) is 2. The molecular formula is C14H21NO. The highest BCUT2D eigenvalue weighted by atomic mass is 16.3. The van der Waals surface area contributed by atoms with Crippen LogP contribution in [-0.2, 0) is 6.54 Å². The average molecular weight is 219 g/mol. The molecule has 1 aliphatic carbocycles. The van der Waals surface area contributed by atoms with Crippen molar-refractivity contribution >= 4 is 0 Å². The van der Waals surface area contributed by atoms with E-state index < -0.39 is 0 Å². The first-order valence-corrected chi connectivity index (χ1v) is 6.21. The molecule has 88 valence electrons. The molecule has 1 aromatic rings. The summed E-state index contributed by atoms with van der Waals surface area (Å²) in [4.78, 5) is 0. The van der Waals surface area contributed by atoms with Crippen LogP contribution in [0, 0.1) is 6.92 Å². The number of aliphatic hydroxyl groups excluding tert-OH is 1. The number of benzene rings is 1. The van der Waals surface area contributed by atoms with Gasteiger partial charge in [-0.25, -0.2) is 0 Å². The van der Waals surface area contributed by atoms with E-state index in [2.05, 4.69) is 36.5 Å². The Kier molecular flexibility index (Phi) is 3.97. The third kappa shape index (κ3) is 3.06. The molecule has 1 saturated carbocycles. The molecule has 1 aliphatic rings. The Morgan fingerprint density at radius 2 is 2.12 bits per heavy atom. The number of nitrogens with one attached hydrogen (secondary N) is 1. The Bertz CT molecular complexity index is 337. The van der Waals surface area contributed by atoms with Crippen molar-refractivity contribution in [3.05, 3.63) is 35.4 Å². The summed E-state index contributed by atoms with van der Waals surface area (Å²) in [5, 5.41) is 13.1. The van der Waals surface area contributed by atoms with Crippen LogP contribution in [0.4, 0.5) is 0 Å². The molecule has 1 fully saturated rings. The summed E-state index contributed by atoms with van der Waals surface area (Å²) in [6, 6.07) is 8.96. The smallest absolute Gasteiger partial charge is 0.0555 e. The summed E-state index contributed by atoms with van der Waals surface area (Å²) in [5.41, 5.74) is 2.70. The minimum Gasteiger partial charge on any atom is -0.393 e. The normalized spacial score (nSPS) is 25.6. The van der Waals surface area contributed by atoms with Gasteiger partial charge in [0.2, 0.25) is 0 Å². The molecule has 0 heterocycles. The molecule has 0 bridgehead atoms. The molecule has 0 radical (unpaired) electrons. The van der Waals surface area contributed by atoms with Gasteiger partial charge in [-0.3, -0.25) is 0 Å². The minimum atomic E-state index is -0.0943. The maximum atomic E-state index is 9.59. The van der Waals surface area contributed by atoms with Crippen LogP contribution in [-0.4, -0.2) is 17.3 Å². The molecule has 0 spiro atoms. The molecule has 2 nitrogen and oxygen atoms in total. The SMILES string of the molecule is Cc1ccccc1CNC1CCCC(O)C1. The molecule has 2 N–H and O–H groups in total. The second-order valence-corrected chi connectivity index (χ2v) is 4.82. The van der Waals surface area contributed by atoms with E-state index in [0.717, 1.165) is 25.8 Å². The van der Waals surface area contributed by atoms with Gasteiger partial charge in [-0.05, 0) is 43.7 Å². The van der Waals surface area contributed by atoms with E-state index in [4.69, 9.17) is 0 Å². The molecule has 0 aromatic heterocycles. The lowest BCUT2D eigenvalue weighted by atomic mass is 9.93. The first-order valence-electron chi connectivity index (χ1n) is 6.21. The van der Waals surface area contributed by atoms with Crippen molar-refractivity contribution < 1.29 is 5.11 Å². The quantitative estimate of drug-likeness (QED) is 0.818. The summed E-state index contributed by atoms with van der Waals surface area (Å²) in [7, 11) is 0. The molecule has 0 saturated heterocycles. The monoisotopic (exact) mass is 219 g/mol. The Labute approximate surface area is 97.7 Å². The first-order chi connectivity index (χ1) is 7.75. The second-order valence-electron chi connectivity index (χ2n) is 4.82. The fourth-order valence-electron chi connectivity index (χ4n) is 2.41. The van der Waals surface area contributed by atoms with E-state index in [1.807, 2.05) is 0 Å². The maximum absolute atomic E-state index is 9.59. The van der Waals surface area contributed by atoms with E-state index in [-0.39, 0.29) is 6.10 Å². The largest absolute Gasteiger partial charge is 0.393 e. The van der Waals surface area contributed by atoms with E-state index in [1.54, 1.807) is 0 Å². The summed E-state index contributed by atoms with van der Waals surface area (Å²) in [6.07, 6.45) is 4.13. The van der Waals surface area contributed by atoms with E-state index in [0.29, 0.717) is 6.04 Å². The molecular weight excluding hydrogens is 198 g/mol. The third-order valence-corrected chi connectivity index (χ3v) is 3.49. The fraction of sp³-hybridized carbons (Fsp3) is 0.571. The zero-order valence-corrected chi connectivity index (χ0v) is 9.95. The van der Waals surface area contributed by atoms with Crippen LogP contribution in [0.5, 0.6) is 0 Å². The molecule has 2 atom stereocenters. The van der Waals surface area contributed by atoms with E-state index in [1.165, 1.54) is 17.5 Å². The van der Waals surface area contributed by atoms with Crippen molar-refractivity contribution in [2.24, 2.45) is 0 Å². The van der Waals surface area contributed by atoms with Crippen molar-refractivity contribution in [2.75, 3.05) is 0 Å². The molecule has 0 aliphatic heterocycles. The topological polar surface area (TPSA) is 32.3 Å². The number of rotatable bonds is 3. The van der Waals surface area contributed by atoms with E-state index >= 15 is 0 Å². The Morgan fingerprint density at radius 3 is 2.88 bits per heavy atom. The predicted octanol–water partition coefficient (Wildman–Crippen LogP) is 2.39. The first kappa shape index (κ1) is 11.6. The molecule has 2 rings (SSSR count). The van der Waals surface area contributed by atoms with Crippen molar-refractivity contribution in [1.29, 1.82) is 0 Å². The second kappa shape index (κ2) is 5.46. The van der Waals surface area contributed by atoms with Gasteiger partial charge >= 0.3 is 0 Å². The minimum absolute atomic E-state index is 0.0943. The van der Waals surface area contributed by atoms with Gasteiger partial charge in [0.15, 0.2) is 0 Å². The summed E-state index contributed by atoms with van der Waals surface area (Å²) >= 11 is 0.